The summed E-state index contributed by atoms with van der Waals surface area (Å²) in [5.74, 6) is 0.328. The van der Waals surface area contributed by atoms with Crippen LogP contribution in [0.4, 0.5) is 8.78 Å². The molecule has 0 bridgehead atoms. The van der Waals surface area contributed by atoms with E-state index in [0.717, 1.165) is 24.0 Å². The van der Waals surface area contributed by atoms with Gasteiger partial charge in [-0.2, -0.15) is 5.26 Å². The Balaban J connectivity index is 1.61. The van der Waals surface area contributed by atoms with E-state index < -0.39 is 5.41 Å². The molecular weight excluding hydrogens is 376 g/mol. The van der Waals surface area contributed by atoms with Crippen LogP contribution in [-0.2, 0) is 16.2 Å². The molecule has 0 aromatic heterocycles. The van der Waals surface area contributed by atoms with Crippen LogP contribution >= 0.6 is 0 Å². The normalized spacial score (nSPS) is 23.9. The van der Waals surface area contributed by atoms with Gasteiger partial charge >= 0.3 is 0 Å². The summed E-state index contributed by atoms with van der Waals surface area (Å²) >= 11 is 0. The second kappa shape index (κ2) is 6.91. The highest BCUT2D eigenvalue weighted by atomic mass is 19.1. The summed E-state index contributed by atoms with van der Waals surface area (Å²) in [4.78, 5) is 0. The predicted molar refractivity (Wildman–Crippen MR) is 117 cm³/mol. The SMILES string of the molecule is CC(C)(C)c1cc(C2(C#N)CC2CC(C)(C)c2cc(C3CC3)ccc2F)ccc1F. The van der Waals surface area contributed by atoms with Gasteiger partial charge in [0.15, 0.2) is 0 Å². The fourth-order valence-corrected chi connectivity index (χ4v) is 4.97. The Morgan fingerprint density at radius 1 is 0.967 bits per heavy atom. The van der Waals surface area contributed by atoms with Crippen LogP contribution in [0.15, 0.2) is 36.4 Å². The summed E-state index contributed by atoms with van der Waals surface area (Å²) in [5.41, 5.74) is 2.22. The number of hydrogen-bond acceptors (Lipinski definition) is 1. The van der Waals surface area contributed by atoms with Crippen molar-refractivity contribution in [1.29, 1.82) is 5.26 Å². The maximum absolute atomic E-state index is 14.7. The molecule has 2 aromatic rings. The Bertz CT molecular complexity index is 1020. The Kier molecular flexibility index (Phi) is 4.84. The third-order valence-electron chi connectivity index (χ3n) is 7.12. The van der Waals surface area contributed by atoms with Crippen molar-refractivity contribution in [3.05, 3.63) is 70.3 Å². The Hall–Kier alpha value is -2.21. The van der Waals surface area contributed by atoms with E-state index in [1.165, 1.54) is 24.5 Å². The van der Waals surface area contributed by atoms with Crippen LogP contribution in [0.3, 0.4) is 0 Å². The molecule has 2 aliphatic rings. The van der Waals surface area contributed by atoms with E-state index in [-0.39, 0.29) is 28.4 Å². The second-order valence-electron chi connectivity index (χ2n) is 11.0. The van der Waals surface area contributed by atoms with E-state index >= 15 is 0 Å². The second-order valence-corrected chi connectivity index (χ2v) is 11.0. The van der Waals surface area contributed by atoms with Gasteiger partial charge in [0, 0.05) is 0 Å². The van der Waals surface area contributed by atoms with Crippen LogP contribution in [0.25, 0.3) is 0 Å². The number of nitriles is 1. The van der Waals surface area contributed by atoms with Gasteiger partial charge in [-0.15, -0.1) is 0 Å². The van der Waals surface area contributed by atoms with Gasteiger partial charge in [-0.05, 0) is 82.7 Å². The van der Waals surface area contributed by atoms with E-state index in [4.69, 9.17) is 0 Å². The molecule has 0 N–H and O–H groups in total. The molecule has 2 aliphatic carbocycles. The zero-order valence-corrected chi connectivity index (χ0v) is 18.7. The summed E-state index contributed by atoms with van der Waals surface area (Å²) in [6.07, 6.45) is 3.85. The molecule has 2 atom stereocenters. The summed E-state index contributed by atoms with van der Waals surface area (Å²) in [6.45, 7) is 10.1. The Morgan fingerprint density at radius 3 is 2.20 bits per heavy atom. The van der Waals surface area contributed by atoms with Gasteiger partial charge in [0.2, 0.25) is 0 Å². The minimum absolute atomic E-state index is 0.139. The molecule has 2 unspecified atom stereocenters. The van der Waals surface area contributed by atoms with Crippen molar-refractivity contribution in [3.63, 3.8) is 0 Å². The topological polar surface area (TPSA) is 23.8 Å². The molecular formula is C27H31F2N. The quantitative estimate of drug-likeness (QED) is 0.510. The largest absolute Gasteiger partial charge is 0.207 e. The minimum Gasteiger partial charge on any atom is -0.207 e. The predicted octanol–water partition coefficient (Wildman–Crippen LogP) is 7.29. The van der Waals surface area contributed by atoms with Crippen molar-refractivity contribution in [1.82, 2.24) is 0 Å². The van der Waals surface area contributed by atoms with Crippen molar-refractivity contribution in [3.8, 4) is 6.07 Å². The summed E-state index contributed by atoms with van der Waals surface area (Å²) in [5, 5.41) is 10.1. The highest BCUT2D eigenvalue weighted by Gasteiger charge is 2.57. The van der Waals surface area contributed by atoms with Crippen LogP contribution in [0.1, 0.15) is 88.5 Å². The lowest BCUT2D eigenvalue weighted by molar-refractivity contribution is 0.412. The average molecular weight is 408 g/mol. The maximum Gasteiger partial charge on any atom is 0.126 e. The van der Waals surface area contributed by atoms with Crippen molar-refractivity contribution in [2.24, 2.45) is 5.92 Å². The highest BCUT2D eigenvalue weighted by Crippen LogP contribution is 2.59. The fraction of sp³-hybridized carbons (Fsp3) is 0.519. The molecule has 0 radical (unpaired) electrons. The van der Waals surface area contributed by atoms with E-state index in [0.29, 0.717) is 11.5 Å². The van der Waals surface area contributed by atoms with Gasteiger partial charge < -0.3 is 0 Å². The molecule has 158 valence electrons. The monoisotopic (exact) mass is 407 g/mol. The molecule has 0 aliphatic heterocycles. The third-order valence-corrected chi connectivity index (χ3v) is 7.12. The number of hydrogen-bond donors (Lipinski definition) is 0. The number of halogens is 2. The molecule has 30 heavy (non-hydrogen) atoms. The first-order valence-electron chi connectivity index (χ1n) is 11.0. The highest BCUT2D eigenvalue weighted by molar-refractivity contribution is 5.45. The van der Waals surface area contributed by atoms with Crippen molar-refractivity contribution >= 4 is 0 Å². The Morgan fingerprint density at radius 2 is 1.60 bits per heavy atom. The van der Waals surface area contributed by atoms with Gasteiger partial charge in [0.25, 0.3) is 0 Å². The van der Waals surface area contributed by atoms with Gasteiger partial charge in [-0.25, -0.2) is 8.78 Å². The molecule has 0 amide bonds. The first kappa shape index (κ1) is 21.0. The molecule has 0 heterocycles. The van der Waals surface area contributed by atoms with Crippen LogP contribution in [0.5, 0.6) is 0 Å². The van der Waals surface area contributed by atoms with E-state index in [2.05, 4.69) is 19.9 Å². The molecule has 1 nitrogen and oxygen atoms in total. The van der Waals surface area contributed by atoms with E-state index in [1.54, 1.807) is 12.1 Å². The molecule has 0 spiro atoms. The average Bonchev–Trinajstić information content (AvgIpc) is 3.57. The van der Waals surface area contributed by atoms with E-state index in [9.17, 15) is 14.0 Å². The zero-order valence-electron chi connectivity index (χ0n) is 18.7. The maximum atomic E-state index is 14.7. The van der Waals surface area contributed by atoms with Gasteiger partial charge in [0.1, 0.15) is 11.6 Å². The summed E-state index contributed by atoms with van der Waals surface area (Å²) in [7, 11) is 0. The summed E-state index contributed by atoms with van der Waals surface area (Å²) in [6, 6.07) is 13.2. The van der Waals surface area contributed by atoms with Crippen LogP contribution < -0.4 is 0 Å². The van der Waals surface area contributed by atoms with Gasteiger partial charge in [0.05, 0.1) is 11.5 Å². The smallest absolute Gasteiger partial charge is 0.126 e. The van der Waals surface area contributed by atoms with Gasteiger partial charge in [-0.3, -0.25) is 0 Å². The lowest BCUT2D eigenvalue weighted by Crippen LogP contribution is -2.23. The molecule has 0 saturated heterocycles. The Labute approximate surface area is 179 Å². The van der Waals surface area contributed by atoms with Crippen LogP contribution in [0, 0.1) is 28.9 Å². The molecule has 2 saturated carbocycles. The standard InChI is InChI=1S/C27H31F2N/c1-25(2,3)21-13-19(9-11-23(21)28)27(16-30)15-20(27)14-26(4,5)22-12-18(17-6-7-17)8-10-24(22)29/h8-13,17,20H,6-7,14-15H2,1-5H3. The molecule has 3 heteroatoms. The van der Waals surface area contributed by atoms with Crippen molar-refractivity contribution < 1.29 is 8.78 Å². The molecule has 2 aromatic carbocycles. The van der Waals surface area contributed by atoms with Crippen LogP contribution in [0.2, 0.25) is 0 Å². The lowest BCUT2D eigenvalue weighted by atomic mass is 9.76. The summed E-state index contributed by atoms with van der Waals surface area (Å²) < 4.78 is 29.1. The van der Waals surface area contributed by atoms with Gasteiger partial charge in [-0.1, -0.05) is 58.9 Å². The molecule has 2 fully saturated rings. The lowest BCUT2D eigenvalue weighted by Gasteiger charge is -2.28. The van der Waals surface area contributed by atoms with E-state index in [1.807, 2.05) is 39.0 Å². The number of rotatable bonds is 5. The minimum atomic E-state index is -0.602. The van der Waals surface area contributed by atoms with Crippen molar-refractivity contribution in [2.75, 3.05) is 0 Å². The fourth-order valence-electron chi connectivity index (χ4n) is 4.97. The van der Waals surface area contributed by atoms with Crippen molar-refractivity contribution in [2.45, 2.75) is 82.5 Å². The number of nitrogens with zero attached hydrogens (tertiary/aromatic N) is 1. The number of benzene rings is 2. The zero-order chi connectivity index (χ0) is 21.9. The first-order valence-corrected chi connectivity index (χ1v) is 11.0. The third kappa shape index (κ3) is 3.66. The van der Waals surface area contributed by atoms with Crippen LogP contribution in [-0.4, -0.2) is 0 Å². The molecule has 4 rings (SSSR count). The first-order chi connectivity index (χ1) is 14.0.